The Hall–Kier alpha value is -1.38. The van der Waals surface area contributed by atoms with Gasteiger partial charge in [0.1, 0.15) is 5.69 Å². The highest BCUT2D eigenvalue weighted by Crippen LogP contribution is 2.09. The third-order valence-electron chi connectivity index (χ3n) is 2.17. The minimum Gasteiger partial charge on any atom is -0.364 e. The summed E-state index contributed by atoms with van der Waals surface area (Å²) in [5.41, 5.74) is 6.60. The second kappa shape index (κ2) is 5.37. The van der Waals surface area contributed by atoms with Crippen molar-refractivity contribution in [3.8, 4) is 0 Å². The van der Waals surface area contributed by atoms with Gasteiger partial charge < -0.3 is 5.73 Å². The van der Waals surface area contributed by atoms with Gasteiger partial charge in [0.05, 0.1) is 0 Å². The quantitative estimate of drug-likeness (QED) is 0.724. The molecule has 76 valence electrons. The van der Waals surface area contributed by atoms with Gasteiger partial charge in [-0.2, -0.15) is 0 Å². The normalized spacial score (nSPS) is 10.1. The molecule has 3 heteroatoms. The molecule has 0 bridgehead atoms. The summed E-state index contributed by atoms with van der Waals surface area (Å²) in [4.78, 5) is 15.0. The molecular formula is C11H16N2O. The Labute approximate surface area is 84.3 Å². The molecule has 1 amide bonds. The molecule has 0 radical (unpaired) electrons. The highest BCUT2D eigenvalue weighted by molar-refractivity contribution is 5.92. The molecule has 0 saturated carbocycles. The van der Waals surface area contributed by atoms with Crippen LogP contribution in [0.15, 0.2) is 18.3 Å². The first kappa shape index (κ1) is 10.7. The van der Waals surface area contributed by atoms with Gasteiger partial charge in [-0.05, 0) is 24.5 Å². The van der Waals surface area contributed by atoms with Gasteiger partial charge in [0.2, 0.25) is 0 Å². The van der Waals surface area contributed by atoms with E-state index in [1.807, 2.05) is 12.1 Å². The summed E-state index contributed by atoms with van der Waals surface area (Å²) in [7, 11) is 0. The maximum Gasteiger partial charge on any atom is 0.267 e. The fraction of sp³-hybridized carbons (Fsp3) is 0.455. The van der Waals surface area contributed by atoms with Crippen molar-refractivity contribution in [2.45, 2.75) is 32.6 Å². The molecule has 0 fully saturated rings. The largest absolute Gasteiger partial charge is 0.364 e. The molecular weight excluding hydrogens is 176 g/mol. The van der Waals surface area contributed by atoms with Crippen LogP contribution in [0.4, 0.5) is 0 Å². The zero-order valence-corrected chi connectivity index (χ0v) is 8.49. The van der Waals surface area contributed by atoms with Crippen molar-refractivity contribution in [1.82, 2.24) is 4.98 Å². The lowest BCUT2D eigenvalue weighted by molar-refractivity contribution is 0.0994. The van der Waals surface area contributed by atoms with Crippen LogP contribution >= 0.6 is 0 Å². The molecule has 14 heavy (non-hydrogen) atoms. The van der Waals surface area contributed by atoms with E-state index in [1.54, 1.807) is 6.20 Å². The first-order valence-corrected chi connectivity index (χ1v) is 4.99. The van der Waals surface area contributed by atoms with Crippen LogP contribution in [0.3, 0.4) is 0 Å². The summed E-state index contributed by atoms with van der Waals surface area (Å²) in [6.45, 7) is 2.15. The van der Waals surface area contributed by atoms with Crippen LogP contribution in [0.1, 0.15) is 42.2 Å². The molecule has 1 rings (SSSR count). The van der Waals surface area contributed by atoms with Gasteiger partial charge in [-0.25, -0.2) is 0 Å². The maximum atomic E-state index is 11.0. The molecule has 0 aliphatic heterocycles. The van der Waals surface area contributed by atoms with Crippen molar-refractivity contribution in [2.75, 3.05) is 0 Å². The van der Waals surface area contributed by atoms with Crippen LogP contribution in [0, 0.1) is 0 Å². The lowest BCUT2D eigenvalue weighted by Gasteiger charge is -2.04. The number of hydrogen-bond donors (Lipinski definition) is 1. The molecule has 1 aromatic heterocycles. The van der Waals surface area contributed by atoms with E-state index in [-0.39, 0.29) is 0 Å². The lowest BCUT2D eigenvalue weighted by Crippen LogP contribution is -2.15. The number of rotatable bonds is 5. The average Bonchev–Trinajstić information content (AvgIpc) is 2.19. The molecule has 0 spiro atoms. The van der Waals surface area contributed by atoms with Gasteiger partial charge >= 0.3 is 0 Å². The topological polar surface area (TPSA) is 56.0 Å². The first-order valence-electron chi connectivity index (χ1n) is 4.99. The number of primary amides is 1. The fourth-order valence-corrected chi connectivity index (χ4v) is 1.43. The van der Waals surface area contributed by atoms with Crippen molar-refractivity contribution in [3.05, 3.63) is 29.6 Å². The van der Waals surface area contributed by atoms with E-state index in [1.165, 1.54) is 12.8 Å². The Kier molecular flexibility index (Phi) is 4.11. The summed E-state index contributed by atoms with van der Waals surface area (Å²) in [6.07, 6.45) is 5.92. The second-order valence-corrected chi connectivity index (χ2v) is 3.33. The van der Waals surface area contributed by atoms with E-state index in [9.17, 15) is 4.79 Å². The van der Waals surface area contributed by atoms with Gasteiger partial charge in [0, 0.05) is 6.20 Å². The number of nitrogens with two attached hydrogens (primary N) is 1. The van der Waals surface area contributed by atoms with E-state index >= 15 is 0 Å². The van der Waals surface area contributed by atoms with Crippen LogP contribution in [0.25, 0.3) is 0 Å². The number of pyridine rings is 1. The number of carbonyl (C=O) groups excluding carboxylic acids is 1. The zero-order chi connectivity index (χ0) is 10.4. The Morgan fingerprint density at radius 2 is 2.29 bits per heavy atom. The molecule has 0 atom stereocenters. The predicted molar refractivity (Wildman–Crippen MR) is 56.0 cm³/mol. The lowest BCUT2D eigenvalue weighted by atomic mass is 10.1. The Balaban J connectivity index is 2.69. The molecule has 0 aromatic carbocycles. The molecule has 2 N–H and O–H groups in total. The Morgan fingerprint density at radius 3 is 2.93 bits per heavy atom. The molecule has 1 heterocycles. The van der Waals surface area contributed by atoms with Crippen LogP contribution in [0.2, 0.25) is 0 Å². The number of nitrogens with zero attached hydrogens (tertiary/aromatic N) is 1. The standard InChI is InChI=1S/C11H16N2O/c1-2-3-4-6-9-7-5-8-13-10(9)11(12)14/h5,7-8H,2-4,6H2,1H3,(H2,12,14). The second-order valence-electron chi connectivity index (χ2n) is 3.33. The van der Waals surface area contributed by atoms with Crippen molar-refractivity contribution >= 4 is 5.91 Å². The molecule has 1 aromatic rings. The van der Waals surface area contributed by atoms with Gasteiger partial charge in [0.15, 0.2) is 0 Å². The number of aryl methyl sites for hydroxylation is 1. The zero-order valence-electron chi connectivity index (χ0n) is 8.49. The number of amides is 1. The summed E-state index contributed by atoms with van der Waals surface area (Å²) in [5, 5.41) is 0. The monoisotopic (exact) mass is 192 g/mol. The molecule has 0 aliphatic rings. The minimum absolute atomic E-state index is 0.420. The van der Waals surface area contributed by atoms with Crippen molar-refractivity contribution in [3.63, 3.8) is 0 Å². The first-order chi connectivity index (χ1) is 6.75. The molecule has 0 saturated heterocycles. The summed E-state index contributed by atoms with van der Waals surface area (Å²) in [6, 6.07) is 3.76. The van der Waals surface area contributed by atoms with Gasteiger partial charge in [0.25, 0.3) is 5.91 Å². The average molecular weight is 192 g/mol. The number of hydrogen-bond acceptors (Lipinski definition) is 2. The fourth-order valence-electron chi connectivity index (χ4n) is 1.43. The highest BCUT2D eigenvalue weighted by atomic mass is 16.1. The molecule has 0 aliphatic carbocycles. The molecule has 3 nitrogen and oxygen atoms in total. The van der Waals surface area contributed by atoms with Crippen LogP contribution < -0.4 is 5.73 Å². The number of unbranched alkanes of at least 4 members (excludes halogenated alkanes) is 2. The van der Waals surface area contributed by atoms with Crippen molar-refractivity contribution < 1.29 is 4.79 Å². The van der Waals surface area contributed by atoms with Gasteiger partial charge in [-0.15, -0.1) is 0 Å². The third kappa shape index (κ3) is 2.83. The summed E-state index contributed by atoms with van der Waals surface area (Å²) < 4.78 is 0. The summed E-state index contributed by atoms with van der Waals surface area (Å²) >= 11 is 0. The maximum absolute atomic E-state index is 11.0. The number of aromatic nitrogens is 1. The minimum atomic E-state index is -0.433. The van der Waals surface area contributed by atoms with E-state index < -0.39 is 5.91 Å². The van der Waals surface area contributed by atoms with Crippen molar-refractivity contribution in [2.24, 2.45) is 5.73 Å². The Morgan fingerprint density at radius 1 is 1.50 bits per heavy atom. The third-order valence-corrected chi connectivity index (χ3v) is 2.17. The smallest absolute Gasteiger partial charge is 0.267 e. The predicted octanol–water partition coefficient (Wildman–Crippen LogP) is 1.91. The van der Waals surface area contributed by atoms with E-state index in [4.69, 9.17) is 5.73 Å². The van der Waals surface area contributed by atoms with E-state index in [0.717, 1.165) is 18.4 Å². The van der Waals surface area contributed by atoms with Crippen LogP contribution in [0.5, 0.6) is 0 Å². The van der Waals surface area contributed by atoms with Crippen LogP contribution in [-0.4, -0.2) is 10.9 Å². The van der Waals surface area contributed by atoms with Gasteiger partial charge in [-0.1, -0.05) is 25.8 Å². The SMILES string of the molecule is CCCCCc1cccnc1C(N)=O. The highest BCUT2D eigenvalue weighted by Gasteiger charge is 2.07. The van der Waals surface area contributed by atoms with Crippen LogP contribution in [-0.2, 0) is 6.42 Å². The summed E-state index contributed by atoms with van der Waals surface area (Å²) in [5.74, 6) is -0.433. The van der Waals surface area contributed by atoms with E-state index in [0.29, 0.717) is 5.69 Å². The molecule has 0 unspecified atom stereocenters. The Bertz CT molecular complexity index is 310. The van der Waals surface area contributed by atoms with Gasteiger partial charge in [-0.3, -0.25) is 9.78 Å². The van der Waals surface area contributed by atoms with Crippen molar-refractivity contribution in [1.29, 1.82) is 0 Å². The van der Waals surface area contributed by atoms with E-state index in [2.05, 4.69) is 11.9 Å². The number of carbonyl (C=O) groups is 1.